The molecule has 0 aliphatic heterocycles. The van der Waals surface area contributed by atoms with Gasteiger partial charge < -0.3 is 9.47 Å². The van der Waals surface area contributed by atoms with Crippen LogP contribution in [0.4, 0.5) is 0 Å². The summed E-state index contributed by atoms with van der Waals surface area (Å²) < 4.78 is 11.7. The molecule has 0 amide bonds. The average Bonchev–Trinajstić information content (AvgIpc) is 3.11. The Morgan fingerprint density at radius 1 is 0.970 bits per heavy atom. The van der Waals surface area contributed by atoms with Gasteiger partial charge in [0.05, 0.1) is 5.56 Å². The Labute approximate surface area is 205 Å². The van der Waals surface area contributed by atoms with E-state index in [1.54, 1.807) is 0 Å². The van der Waals surface area contributed by atoms with Crippen molar-refractivity contribution in [3.8, 4) is 0 Å². The van der Waals surface area contributed by atoms with Gasteiger partial charge >= 0.3 is 11.9 Å². The fourth-order valence-corrected chi connectivity index (χ4v) is 8.88. The molecule has 8 atom stereocenters. The van der Waals surface area contributed by atoms with Gasteiger partial charge in [0.2, 0.25) is 0 Å². The van der Waals surface area contributed by atoms with Crippen LogP contribution in [0.15, 0.2) is 42.0 Å². The molecule has 0 radical (unpaired) electrons. The molecule has 0 heterocycles. The Morgan fingerprint density at radius 3 is 2.45 bits per heavy atom. The highest BCUT2D eigenvalue weighted by molar-refractivity contribution is 9.09. The van der Waals surface area contributed by atoms with E-state index in [0.29, 0.717) is 28.1 Å². The number of benzene rings is 1. The van der Waals surface area contributed by atoms with Gasteiger partial charge in [0.15, 0.2) is 0 Å². The molecule has 178 valence electrons. The number of fused-ring (bicyclic) bond motifs is 5. The number of halogens is 1. The molecule has 0 N–H and O–H groups in total. The zero-order chi connectivity index (χ0) is 23.4. The molecule has 33 heavy (non-hydrogen) atoms. The predicted octanol–water partition coefficient (Wildman–Crippen LogP) is 6.48. The molecule has 1 aromatic rings. The Hall–Kier alpha value is -1.62. The van der Waals surface area contributed by atoms with E-state index in [-0.39, 0.29) is 35.0 Å². The summed E-state index contributed by atoms with van der Waals surface area (Å²) in [7, 11) is 0. The Kier molecular flexibility index (Phi) is 5.99. The molecule has 1 aromatic carbocycles. The number of allylic oxidation sites excluding steroid dienone is 1. The van der Waals surface area contributed by atoms with Gasteiger partial charge in [-0.05, 0) is 73.8 Å². The lowest BCUT2D eigenvalue weighted by Gasteiger charge is -2.59. The second-order valence-corrected chi connectivity index (χ2v) is 12.3. The minimum absolute atomic E-state index is 0.0141. The van der Waals surface area contributed by atoms with Gasteiger partial charge in [0.1, 0.15) is 12.2 Å². The van der Waals surface area contributed by atoms with Gasteiger partial charge in [-0.1, -0.05) is 59.6 Å². The summed E-state index contributed by atoms with van der Waals surface area (Å²) in [6.07, 6.45) is 9.64. The van der Waals surface area contributed by atoms with Crippen molar-refractivity contribution < 1.29 is 19.1 Å². The second-order valence-electron chi connectivity index (χ2n) is 11.2. The molecular weight excluding hydrogens is 480 g/mol. The van der Waals surface area contributed by atoms with Crippen LogP contribution < -0.4 is 0 Å². The summed E-state index contributed by atoms with van der Waals surface area (Å²) in [5.74, 6) is 1.32. The van der Waals surface area contributed by atoms with Crippen LogP contribution >= 0.6 is 15.9 Å². The first kappa shape index (κ1) is 23.1. The lowest BCUT2D eigenvalue weighted by molar-refractivity contribution is -0.148. The molecule has 3 unspecified atom stereocenters. The Morgan fingerprint density at radius 2 is 1.73 bits per heavy atom. The average molecular weight is 515 g/mol. The maximum absolute atomic E-state index is 12.8. The van der Waals surface area contributed by atoms with Crippen LogP contribution in [0.3, 0.4) is 0 Å². The van der Waals surface area contributed by atoms with Crippen LogP contribution in [0.5, 0.6) is 0 Å². The topological polar surface area (TPSA) is 52.6 Å². The normalized spacial score (nSPS) is 41.8. The minimum Gasteiger partial charge on any atom is -0.462 e. The van der Waals surface area contributed by atoms with Gasteiger partial charge in [0, 0.05) is 23.6 Å². The molecule has 0 bridgehead atoms. The third-order valence-corrected chi connectivity index (χ3v) is 10.4. The minimum atomic E-state index is -0.193. The summed E-state index contributed by atoms with van der Waals surface area (Å²) in [6.45, 7) is 6.32. The van der Waals surface area contributed by atoms with Crippen LogP contribution in [0.25, 0.3) is 0 Å². The van der Waals surface area contributed by atoms with Crippen LogP contribution in [0.2, 0.25) is 0 Å². The molecule has 4 aliphatic rings. The van der Waals surface area contributed by atoms with E-state index in [0.717, 1.165) is 44.9 Å². The molecule has 5 heteroatoms. The van der Waals surface area contributed by atoms with Crippen molar-refractivity contribution in [3.05, 3.63) is 47.5 Å². The van der Waals surface area contributed by atoms with E-state index in [1.807, 2.05) is 30.3 Å². The van der Waals surface area contributed by atoms with Crippen molar-refractivity contribution in [2.75, 3.05) is 0 Å². The van der Waals surface area contributed by atoms with E-state index in [2.05, 4.69) is 35.9 Å². The molecular formula is C28H35BrO4. The summed E-state index contributed by atoms with van der Waals surface area (Å²) >= 11 is 4.06. The fraction of sp³-hybridized carbons (Fsp3) is 0.643. The Bertz CT molecular complexity index is 958. The van der Waals surface area contributed by atoms with E-state index in [9.17, 15) is 9.59 Å². The number of alkyl halides is 1. The number of carbonyl (C=O) groups excluding carboxylic acids is 2. The van der Waals surface area contributed by atoms with E-state index < -0.39 is 0 Å². The summed E-state index contributed by atoms with van der Waals surface area (Å²) in [5.41, 5.74) is 2.30. The van der Waals surface area contributed by atoms with Gasteiger partial charge in [-0.25, -0.2) is 4.79 Å². The highest BCUT2D eigenvalue weighted by atomic mass is 79.9. The zero-order valence-corrected chi connectivity index (χ0v) is 21.5. The first-order chi connectivity index (χ1) is 15.7. The van der Waals surface area contributed by atoms with Gasteiger partial charge in [-0.15, -0.1) is 0 Å². The number of esters is 2. The van der Waals surface area contributed by atoms with Crippen LogP contribution in [-0.4, -0.2) is 29.0 Å². The lowest BCUT2D eigenvalue weighted by atomic mass is 9.48. The van der Waals surface area contributed by atoms with E-state index >= 15 is 0 Å². The summed E-state index contributed by atoms with van der Waals surface area (Å²) in [5, 5.41) is 0. The first-order valence-corrected chi connectivity index (χ1v) is 13.4. The molecule has 0 spiro atoms. The third kappa shape index (κ3) is 3.88. The molecule has 5 rings (SSSR count). The highest BCUT2D eigenvalue weighted by Gasteiger charge is 2.61. The SMILES string of the molecule is CC(=O)O[C@H]1CC[C@@]2(C)C(=C[C@H](Br)C3C2CC[C@@]2(C)C3CC[C@@H]2OC(=O)c2ccccc2)C1. The van der Waals surface area contributed by atoms with Crippen LogP contribution in [0.1, 0.15) is 76.1 Å². The van der Waals surface area contributed by atoms with Crippen molar-refractivity contribution in [1.82, 2.24) is 0 Å². The Balaban J connectivity index is 1.37. The molecule has 0 saturated heterocycles. The molecule has 0 aromatic heterocycles. The van der Waals surface area contributed by atoms with Crippen molar-refractivity contribution in [1.29, 1.82) is 0 Å². The maximum Gasteiger partial charge on any atom is 0.338 e. The lowest BCUT2D eigenvalue weighted by Crippen LogP contribution is -2.54. The second kappa shape index (κ2) is 8.55. The number of hydrogen-bond acceptors (Lipinski definition) is 4. The standard InChI is InChI=1S/C28H35BrO4/c1-17(30)32-20-11-13-27(2)19(15-20)16-23(29)25-21-9-10-24(28(21,3)14-12-22(25)27)33-26(31)18-7-5-4-6-8-18/h4-8,16,20-25H,9-15H2,1-3H3/t20-,21?,22?,23-,24-,25?,27-,28-/m0/s1. The van der Waals surface area contributed by atoms with Gasteiger partial charge in [-0.2, -0.15) is 0 Å². The number of ether oxygens (including phenoxy) is 2. The van der Waals surface area contributed by atoms with E-state index in [1.165, 1.54) is 12.5 Å². The fourth-order valence-electron chi connectivity index (χ4n) is 7.82. The summed E-state index contributed by atoms with van der Waals surface area (Å²) in [4.78, 5) is 24.7. The zero-order valence-electron chi connectivity index (χ0n) is 19.9. The molecule has 3 fully saturated rings. The highest BCUT2D eigenvalue weighted by Crippen LogP contribution is 2.66. The number of rotatable bonds is 3. The first-order valence-electron chi connectivity index (χ1n) is 12.5. The van der Waals surface area contributed by atoms with E-state index in [4.69, 9.17) is 9.47 Å². The predicted molar refractivity (Wildman–Crippen MR) is 131 cm³/mol. The van der Waals surface area contributed by atoms with Crippen molar-refractivity contribution >= 4 is 27.9 Å². The number of carbonyl (C=O) groups is 2. The monoisotopic (exact) mass is 514 g/mol. The van der Waals surface area contributed by atoms with Crippen molar-refractivity contribution in [2.24, 2.45) is 28.6 Å². The van der Waals surface area contributed by atoms with Crippen LogP contribution in [0, 0.1) is 28.6 Å². The summed E-state index contributed by atoms with van der Waals surface area (Å²) in [6, 6.07) is 9.37. The molecule has 4 nitrogen and oxygen atoms in total. The van der Waals surface area contributed by atoms with Gasteiger partial charge in [-0.3, -0.25) is 4.79 Å². The van der Waals surface area contributed by atoms with Gasteiger partial charge in [0.25, 0.3) is 0 Å². The van der Waals surface area contributed by atoms with Crippen LogP contribution in [-0.2, 0) is 14.3 Å². The van der Waals surface area contributed by atoms with Crippen molar-refractivity contribution in [2.45, 2.75) is 82.8 Å². The third-order valence-electron chi connectivity index (χ3n) is 9.55. The quantitative estimate of drug-likeness (QED) is 0.263. The largest absolute Gasteiger partial charge is 0.462 e. The molecule has 3 saturated carbocycles. The molecule has 4 aliphatic carbocycles. The van der Waals surface area contributed by atoms with Crippen molar-refractivity contribution in [3.63, 3.8) is 0 Å². The maximum atomic E-state index is 12.8. The number of hydrogen-bond donors (Lipinski definition) is 0. The smallest absolute Gasteiger partial charge is 0.338 e.